The summed E-state index contributed by atoms with van der Waals surface area (Å²) >= 11 is 0. The van der Waals surface area contributed by atoms with Gasteiger partial charge in [-0.15, -0.1) is 0 Å². The van der Waals surface area contributed by atoms with Crippen molar-refractivity contribution in [2.45, 2.75) is 38.0 Å². The van der Waals surface area contributed by atoms with Gasteiger partial charge in [-0.05, 0) is 17.5 Å². The minimum Gasteiger partial charge on any atom is -0.390 e. The smallest absolute Gasteiger partial charge is 0.237 e. The molecule has 92 valence electrons. The monoisotopic (exact) mass is 234 g/mol. The van der Waals surface area contributed by atoms with Crippen molar-refractivity contribution in [3.63, 3.8) is 0 Å². The molecule has 0 saturated carbocycles. The molecular weight excluding hydrogens is 216 g/mol. The van der Waals surface area contributed by atoms with Gasteiger partial charge in [0.2, 0.25) is 5.91 Å². The van der Waals surface area contributed by atoms with Gasteiger partial charge in [-0.3, -0.25) is 4.79 Å². The molecule has 4 heteroatoms. The summed E-state index contributed by atoms with van der Waals surface area (Å²) in [4.78, 5) is 11.7. The van der Waals surface area contributed by atoms with Crippen LogP contribution >= 0.6 is 0 Å². The lowest BCUT2D eigenvalue weighted by atomic mass is 10.1. The van der Waals surface area contributed by atoms with E-state index in [0.29, 0.717) is 12.8 Å². The van der Waals surface area contributed by atoms with Gasteiger partial charge in [-0.1, -0.05) is 31.2 Å². The zero-order valence-electron chi connectivity index (χ0n) is 9.89. The molecule has 0 heterocycles. The number of carbonyl (C=O) groups is 1. The third kappa shape index (κ3) is 2.33. The molecule has 1 amide bonds. The van der Waals surface area contributed by atoms with Gasteiger partial charge in [0.25, 0.3) is 0 Å². The number of aliphatic hydroxyl groups excluding tert-OH is 1. The Hall–Kier alpha value is -1.39. The second-order valence-corrected chi connectivity index (χ2v) is 4.47. The maximum Gasteiger partial charge on any atom is 0.237 e. The molecule has 0 radical (unpaired) electrons. The van der Waals surface area contributed by atoms with Gasteiger partial charge in [0.1, 0.15) is 0 Å². The Kier molecular flexibility index (Phi) is 3.45. The van der Waals surface area contributed by atoms with Crippen LogP contribution in [-0.2, 0) is 11.2 Å². The second-order valence-electron chi connectivity index (χ2n) is 4.47. The Morgan fingerprint density at radius 3 is 3.00 bits per heavy atom. The van der Waals surface area contributed by atoms with Crippen molar-refractivity contribution in [1.82, 2.24) is 5.32 Å². The minimum atomic E-state index is -0.555. The van der Waals surface area contributed by atoms with E-state index in [0.717, 1.165) is 11.1 Å². The molecule has 1 aromatic rings. The van der Waals surface area contributed by atoms with Gasteiger partial charge in [0.15, 0.2) is 0 Å². The first-order valence-electron chi connectivity index (χ1n) is 5.95. The molecule has 2 rings (SSSR count). The Morgan fingerprint density at radius 1 is 1.59 bits per heavy atom. The average Bonchev–Trinajstić information content (AvgIpc) is 2.65. The molecule has 0 saturated heterocycles. The normalized spacial score (nSPS) is 24.2. The fourth-order valence-corrected chi connectivity index (χ4v) is 2.19. The van der Waals surface area contributed by atoms with Crippen molar-refractivity contribution in [3.05, 3.63) is 35.4 Å². The maximum atomic E-state index is 11.7. The van der Waals surface area contributed by atoms with E-state index in [1.54, 1.807) is 0 Å². The standard InChI is InChI=1S/C13H18N2O2/c1-2-10(14)13(17)15-12-9-6-4-3-5-8(9)7-11(12)16/h3-6,10-12,16H,2,7,14H2,1H3,(H,15,17)/t10-,11-,12+/m1/s1. The van der Waals surface area contributed by atoms with Crippen LogP contribution in [0.15, 0.2) is 24.3 Å². The summed E-state index contributed by atoms with van der Waals surface area (Å²) in [7, 11) is 0. The van der Waals surface area contributed by atoms with Gasteiger partial charge >= 0.3 is 0 Å². The summed E-state index contributed by atoms with van der Waals surface area (Å²) in [6, 6.07) is 6.94. The predicted octanol–water partition coefficient (Wildman–Crippen LogP) is 0.498. The molecule has 0 spiro atoms. The molecule has 0 unspecified atom stereocenters. The highest BCUT2D eigenvalue weighted by molar-refractivity contribution is 5.82. The van der Waals surface area contributed by atoms with Gasteiger partial charge < -0.3 is 16.2 Å². The molecule has 3 atom stereocenters. The highest BCUT2D eigenvalue weighted by Gasteiger charge is 2.32. The summed E-state index contributed by atoms with van der Waals surface area (Å²) in [5, 5.41) is 12.8. The largest absolute Gasteiger partial charge is 0.390 e. The fraction of sp³-hybridized carbons (Fsp3) is 0.462. The lowest BCUT2D eigenvalue weighted by Gasteiger charge is -2.20. The van der Waals surface area contributed by atoms with Crippen LogP contribution in [0, 0.1) is 0 Å². The highest BCUT2D eigenvalue weighted by atomic mass is 16.3. The van der Waals surface area contributed by atoms with E-state index in [2.05, 4.69) is 5.32 Å². The summed E-state index contributed by atoms with van der Waals surface area (Å²) < 4.78 is 0. The van der Waals surface area contributed by atoms with Crippen LogP contribution in [0.5, 0.6) is 0 Å². The molecule has 0 aliphatic heterocycles. The number of aliphatic hydroxyl groups is 1. The van der Waals surface area contributed by atoms with Crippen LogP contribution in [0.3, 0.4) is 0 Å². The van der Waals surface area contributed by atoms with Crippen molar-refractivity contribution in [1.29, 1.82) is 0 Å². The minimum absolute atomic E-state index is 0.201. The molecule has 0 bridgehead atoms. The fourth-order valence-electron chi connectivity index (χ4n) is 2.19. The van der Waals surface area contributed by atoms with E-state index >= 15 is 0 Å². The topological polar surface area (TPSA) is 75.4 Å². The van der Waals surface area contributed by atoms with Crippen molar-refractivity contribution in [3.8, 4) is 0 Å². The third-order valence-electron chi connectivity index (χ3n) is 3.28. The second kappa shape index (κ2) is 4.85. The van der Waals surface area contributed by atoms with E-state index in [1.807, 2.05) is 31.2 Å². The quantitative estimate of drug-likeness (QED) is 0.713. The Bertz CT molecular complexity index is 420. The number of hydrogen-bond acceptors (Lipinski definition) is 3. The SMILES string of the molecule is CC[C@@H](N)C(=O)N[C@H]1c2ccccc2C[C@H]1O. The predicted molar refractivity (Wildman–Crippen MR) is 65.3 cm³/mol. The van der Waals surface area contributed by atoms with Gasteiger partial charge in [0, 0.05) is 6.42 Å². The number of nitrogens with two attached hydrogens (primary N) is 1. The maximum absolute atomic E-state index is 11.7. The van der Waals surface area contributed by atoms with Gasteiger partial charge in [0.05, 0.1) is 18.2 Å². The zero-order chi connectivity index (χ0) is 12.4. The Labute approximate surface area is 101 Å². The number of benzene rings is 1. The van der Waals surface area contributed by atoms with Crippen LogP contribution in [0.1, 0.15) is 30.5 Å². The van der Waals surface area contributed by atoms with E-state index in [4.69, 9.17) is 5.73 Å². The number of nitrogens with one attached hydrogen (secondary N) is 1. The molecule has 1 aliphatic carbocycles. The van der Waals surface area contributed by atoms with Crippen LogP contribution in [0.4, 0.5) is 0 Å². The van der Waals surface area contributed by atoms with Crippen molar-refractivity contribution >= 4 is 5.91 Å². The van der Waals surface area contributed by atoms with Crippen LogP contribution < -0.4 is 11.1 Å². The molecule has 0 fully saturated rings. The number of carbonyl (C=O) groups excluding carboxylic acids is 1. The lowest BCUT2D eigenvalue weighted by molar-refractivity contribution is -0.123. The molecular formula is C13H18N2O2. The summed E-state index contributed by atoms with van der Waals surface area (Å²) in [5.74, 6) is -0.201. The third-order valence-corrected chi connectivity index (χ3v) is 3.28. The highest BCUT2D eigenvalue weighted by Crippen LogP contribution is 2.31. The zero-order valence-corrected chi connectivity index (χ0v) is 9.89. The van der Waals surface area contributed by atoms with Crippen LogP contribution in [0.25, 0.3) is 0 Å². The lowest BCUT2D eigenvalue weighted by Crippen LogP contribution is -2.43. The Balaban J connectivity index is 2.14. The van der Waals surface area contributed by atoms with Crippen molar-refractivity contribution in [2.75, 3.05) is 0 Å². The number of amides is 1. The van der Waals surface area contributed by atoms with Gasteiger partial charge in [-0.25, -0.2) is 0 Å². The first-order chi connectivity index (χ1) is 8.13. The van der Waals surface area contributed by atoms with Crippen molar-refractivity contribution < 1.29 is 9.90 Å². The number of hydrogen-bond donors (Lipinski definition) is 3. The van der Waals surface area contributed by atoms with Crippen molar-refractivity contribution in [2.24, 2.45) is 5.73 Å². The molecule has 0 aromatic heterocycles. The first-order valence-corrected chi connectivity index (χ1v) is 5.95. The van der Waals surface area contributed by atoms with E-state index in [9.17, 15) is 9.90 Å². The summed E-state index contributed by atoms with van der Waals surface area (Å²) in [6.45, 7) is 1.86. The molecule has 1 aliphatic rings. The molecule has 4 N–H and O–H groups in total. The van der Waals surface area contributed by atoms with Crippen LogP contribution in [-0.4, -0.2) is 23.2 Å². The molecule has 4 nitrogen and oxygen atoms in total. The van der Waals surface area contributed by atoms with E-state index < -0.39 is 12.1 Å². The Morgan fingerprint density at radius 2 is 2.29 bits per heavy atom. The first kappa shape index (κ1) is 12.1. The number of fused-ring (bicyclic) bond motifs is 1. The molecule has 17 heavy (non-hydrogen) atoms. The summed E-state index contributed by atoms with van der Waals surface area (Å²) in [6.07, 6.45) is 0.624. The number of rotatable bonds is 3. The van der Waals surface area contributed by atoms with E-state index in [-0.39, 0.29) is 11.9 Å². The molecule has 1 aromatic carbocycles. The van der Waals surface area contributed by atoms with E-state index in [1.165, 1.54) is 0 Å². The van der Waals surface area contributed by atoms with Crippen LogP contribution in [0.2, 0.25) is 0 Å². The van der Waals surface area contributed by atoms with Gasteiger partial charge in [-0.2, -0.15) is 0 Å². The summed E-state index contributed by atoms with van der Waals surface area (Å²) in [5.41, 5.74) is 7.76. The average molecular weight is 234 g/mol.